The Labute approximate surface area is 180 Å². The summed E-state index contributed by atoms with van der Waals surface area (Å²) in [5.74, 6) is -1.42. The van der Waals surface area contributed by atoms with Crippen LogP contribution >= 0.6 is 0 Å². The largest absolute Gasteiger partial charge is 0.416 e. The molecule has 1 aliphatic heterocycles. The van der Waals surface area contributed by atoms with E-state index in [1.165, 1.54) is 12.1 Å². The summed E-state index contributed by atoms with van der Waals surface area (Å²) in [5, 5.41) is 16.2. The number of alkyl halides is 3. The molecule has 0 aromatic heterocycles. The van der Waals surface area contributed by atoms with Crippen molar-refractivity contribution < 1.29 is 32.4 Å². The van der Waals surface area contributed by atoms with E-state index in [1.54, 1.807) is 4.90 Å². The fourth-order valence-electron chi connectivity index (χ4n) is 3.20. The van der Waals surface area contributed by atoms with Gasteiger partial charge in [-0.15, -0.1) is 0 Å². The second-order valence-corrected chi connectivity index (χ2v) is 6.95. The maximum Gasteiger partial charge on any atom is 0.416 e. The normalized spacial score (nSPS) is 14.1. The first-order valence-corrected chi connectivity index (χ1v) is 9.47. The molecule has 1 heterocycles. The van der Waals surface area contributed by atoms with Crippen LogP contribution in [-0.2, 0) is 15.7 Å². The summed E-state index contributed by atoms with van der Waals surface area (Å²) in [6, 6.07) is 6.29. The number of nitro groups is 1. The van der Waals surface area contributed by atoms with Gasteiger partial charge >= 0.3 is 6.18 Å². The number of nitrogens with zero attached hydrogens (tertiary/aromatic N) is 2. The van der Waals surface area contributed by atoms with Gasteiger partial charge in [-0.1, -0.05) is 0 Å². The third-order valence-corrected chi connectivity index (χ3v) is 4.69. The SMILES string of the molecule is CC(=O)Nc1ccc(C(F)(F)F)cc1NC(=O)c1ccc(N2CCOCC2)c([N+](=O)[O-])c1. The summed E-state index contributed by atoms with van der Waals surface area (Å²) in [5.41, 5.74) is -1.49. The Morgan fingerprint density at radius 2 is 1.75 bits per heavy atom. The topological polar surface area (TPSA) is 114 Å². The summed E-state index contributed by atoms with van der Waals surface area (Å²) in [4.78, 5) is 36.8. The number of rotatable bonds is 5. The predicted octanol–water partition coefficient (Wildman–Crippen LogP) is 3.66. The van der Waals surface area contributed by atoms with Gasteiger partial charge in [-0.2, -0.15) is 13.2 Å². The van der Waals surface area contributed by atoms with Gasteiger partial charge in [-0.3, -0.25) is 19.7 Å². The van der Waals surface area contributed by atoms with Crippen LogP contribution in [-0.4, -0.2) is 43.0 Å². The molecule has 32 heavy (non-hydrogen) atoms. The quantitative estimate of drug-likeness (QED) is 0.529. The molecule has 3 rings (SSSR count). The molecule has 0 saturated carbocycles. The lowest BCUT2D eigenvalue weighted by Crippen LogP contribution is -2.36. The van der Waals surface area contributed by atoms with E-state index in [4.69, 9.17) is 4.74 Å². The standard InChI is InChI=1S/C20H19F3N4O5/c1-12(28)24-15-4-3-14(20(21,22)23)11-16(15)25-19(29)13-2-5-17(18(10-13)27(30)31)26-6-8-32-9-7-26/h2-5,10-11H,6-9H2,1H3,(H,24,28)(H,25,29). The van der Waals surface area contributed by atoms with Crippen LogP contribution in [0.3, 0.4) is 0 Å². The van der Waals surface area contributed by atoms with Crippen molar-refractivity contribution in [1.82, 2.24) is 0 Å². The molecular formula is C20H19F3N4O5. The molecule has 12 heteroatoms. The average Bonchev–Trinajstić information content (AvgIpc) is 2.74. The Kier molecular flexibility index (Phi) is 6.63. The first kappa shape index (κ1) is 23.0. The number of amides is 2. The summed E-state index contributed by atoms with van der Waals surface area (Å²) < 4.78 is 44.5. The van der Waals surface area contributed by atoms with E-state index in [1.807, 2.05) is 0 Å². The van der Waals surface area contributed by atoms with Crippen LogP contribution in [0.25, 0.3) is 0 Å². The predicted molar refractivity (Wildman–Crippen MR) is 110 cm³/mol. The molecule has 1 aliphatic rings. The van der Waals surface area contributed by atoms with E-state index in [0.29, 0.717) is 38.1 Å². The van der Waals surface area contributed by atoms with Crippen LogP contribution in [0.2, 0.25) is 0 Å². The number of hydrogen-bond donors (Lipinski definition) is 2. The van der Waals surface area contributed by atoms with Gasteiger partial charge in [0.1, 0.15) is 5.69 Å². The molecule has 2 amide bonds. The molecule has 2 N–H and O–H groups in total. The Morgan fingerprint density at radius 3 is 2.34 bits per heavy atom. The molecule has 1 saturated heterocycles. The fraction of sp³-hybridized carbons (Fsp3) is 0.300. The monoisotopic (exact) mass is 452 g/mol. The molecule has 0 aliphatic carbocycles. The molecule has 0 atom stereocenters. The van der Waals surface area contributed by atoms with E-state index < -0.39 is 28.5 Å². The third kappa shape index (κ3) is 5.32. The Bertz CT molecular complexity index is 1050. The number of anilines is 3. The van der Waals surface area contributed by atoms with E-state index in [9.17, 15) is 32.9 Å². The Balaban J connectivity index is 1.93. The van der Waals surface area contributed by atoms with Crippen molar-refractivity contribution in [2.75, 3.05) is 41.8 Å². The summed E-state index contributed by atoms with van der Waals surface area (Å²) in [6.45, 7) is 2.85. The van der Waals surface area contributed by atoms with Gasteiger partial charge in [0.2, 0.25) is 5.91 Å². The minimum absolute atomic E-state index is 0.0433. The smallest absolute Gasteiger partial charge is 0.378 e. The molecule has 2 aromatic carbocycles. The van der Waals surface area contributed by atoms with Crippen LogP contribution in [0.15, 0.2) is 36.4 Å². The van der Waals surface area contributed by atoms with E-state index in [0.717, 1.165) is 25.1 Å². The zero-order chi connectivity index (χ0) is 23.5. The highest BCUT2D eigenvalue weighted by Crippen LogP contribution is 2.35. The summed E-state index contributed by atoms with van der Waals surface area (Å²) in [7, 11) is 0. The van der Waals surface area contributed by atoms with Crippen LogP contribution in [0.1, 0.15) is 22.8 Å². The number of halogens is 3. The Hall–Kier alpha value is -3.67. The average molecular weight is 452 g/mol. The summed E-state index contributed by atoms with van der Waals surface area (Å²) in [6.07, 6.45) is -4.67. The zero-order valence-corrected chi connectivity index (χ0v) is 16.9. The highest BCUT2D eigenvalue weighted by atomic mass is 19.4. The zero-order valence-electron chi connectivity index (χ0n) is 16.9. The van der Waals surface area contributed by atoms with Crippen LogP contribution in [0, 0.1) is 10.1 Å². The van der Waals surface area contributed by atoms with Crippen molar-refractivity contribution in [3.05, 3.63) is 57.6 Å². The van der Waals surface area contributed by atoms with Crippen LogP contribution in [0.5, 0.6) is 0 Å². The third-order valence-electron chi connectivity index (χ3n) is 4.69. The fourth-order valence-corrected chi connectivity index (χ4v) is 3.20. The van der Waals surface area contributed by atoms with E-state index in [-0.39, 0.29) is 22.6 Å². The molecule has 0 unspecified atom stereocenters. The molecule has 0 bridgehead atoms. The molecule has 0 spiro atoms. The van der Waals surface area contributed by atoms with Gasteiger partial charge in [-0.25, -0.2) is 0 Å². The Morgan fingerprint density at radius 1 is 1.06 bits per heavy atom. The van der Waals surface area contributed by atoms with Crippen molar-refractivity contribution in [2.45, 2.75) is 13.1 Å². The molecule has 170 valence electrons. The van der Waals surface area contributed by atoms with Gasteiger partial charge in [0.25, 0.3) is 11.6 Å². The van der Waals surface area contributed by atoms with Gasteiger partial charge in [0.05, 0.1) is 35.1 Å². The number of nitro benzene ring substituents is 1. The minimum atomic E-state index is -4.67. The van der Waals surface area contributed by atoms with Gasteiger partial charge in [0.15, 0.2) is 0 Å². The molecule has 0 radical (unpaired) electrons. The number of carbonyl (C=O) groups excluding carboxylic acids is 2. The lowest BCUT2D eigenvalue weighted by Gasteiger charge is -2.28. The maximum atomic E-state index is 13.1. The highest BCUT2D eigenvalue weighted by Gasteiger charge is 2.31. The van der Waals surface area contributed by atoms with Gasteiger partial charge in [-0.05, 0) is 30.3 Å². The second-order valence-electron chi connectivity index (χ2n) is 6.95. The molecule has 2 aromatic rings. The van der Waals surface area contributed by atoms with Gasteiger partial charge in [0, 0.05) is 31.6 Å². The first-order chi connectivity index (χ1) is 15.1. The number of ether oxygens (including phenoxy) is 1. The number of hydrogen-bond acceptors (Lipinski definition) is 6. The summed E-state index contributed by atoms with van der Waals surface area (Å²) >= 11 is 0. The lowest BCUT2D eigenvalue weighted by molar-refractivity contribution is -0.384. The number of morpholine rings is 1. The molecule has 1 fully saturated rings. The minimum Gasteiger partial charge on any atom is -0.378 e. The van der Waals surface area contributed by atoms with E-state index in [2.05, 4.69) is 10.6 Å². The number of benzene rings is 2. The van der Waals surface area contributed by atoms with Crippen LogP contribution in [0.4, 0.5) is 35.9 Å². The molecule has 9 nitrogen and oxygen atoms in total. The number of nitrogens with one attached hydrogen (secondary N) is 2. The van der Waals surface area contributed by atoms with Crippen molar-refractivity contribution in [3.8, 4) is 0 Å². The lowest BCUT2D eigenvalue weighted by atomic mass is 10.1. The molecular weight excluding hydrogens is 433 g/mol. The highest BCUT2D eigenvalue weighted by molar-refractivity contribution is 6.07. The van der Waals surface area contributed by atoms with Crippen molar-refractivity contribution in [3.63, 3.8) is 0 Å². The van der Waals surface area contributed by atoms with Gasteiger partial charge < -0.3 is 20.3 Å². The first-order valence-electron chi connectivity index (χ1n) is 9.47. The maximum absolute atomic E-state index is 13.1. The number of carbonyl (C=O) groups is 2. The van der Waals surface area contributed by atoms with Crippen molar-refractivity contribution in [1.29, 1.82) is 0 Å². The van der Waals surface area contributed by atoms with Crippen molar-refractivity contribution in [2.24, 2.45) is 0 Å². The van der Waals surface area contributed by atoms with E-state index >= 15 is 0 Å². The second kappa shape index (κ2) is 9.22. The van der Waals surface area contributed by atoms with Crippen LogP contribution < -0.4 is 15.5 Å². The van der Waals surface area contributed by atoms with Crippen molar-refractivity contribution >= 4 is 34.6 Å².